The van der Waals surface area contributed by atoms with E-state index in [1.165, 1.54) is 0 Å². The molecule has 2 unspecified atom stereocenters. The number of hydrogen-bond donors (Lipinski definition) is 1. The van der Waals surface area contributed by atoms with Crippen LogP contribution < -0.4 is 5.73 Å². The van der Waals surface area contributed by atoms with Crippen LogP contribution in [0.25, 0.3) is 0 Å². The smallest absolute Gasteiger partial charge is 0.324 e. The van der Waals surface area contributed by atoms with Crippen LogP contribution in [0.15, 0.2) is 23.1 Å². The minimum Gasteiger partial charge on any atom is -0.326 e. The first-order valence-electron chi connectivity index (χ1n) is 5.93. The van der Waals surface area contributed by atoms with Crippen molar-refractivity contribution in [3.8, 4) is 0 Å². The Morgan fingerprint density at radius 1 is 1.43 bits per heavy atom. The van der Waals surface area contributed by atoms with Gasteiger partial charge >= 0.3 is 5.69 Å². The highest BCUT2D eigenvalue weighted by molar-refractivity contribution is 7.89. The standard InChI is InChI=1S/C11H14FN3O4S.ClH/c1-7-5-14(6-9(7)13)20(18,19)10-4-2-3-8(12)11(10)15(16)17;/h2-4,7,9H,5-6,13H2,1H3;1H. The fraction of sp³-hybridized carbons (Fsp3) is 0.455. The Morgan fingerprint density at radius 3 is 2.52 bits per heavy atom. The molecule has 1 aliphatic heterocycles. The molecule has 2 rings (SSSR count). The Morgan fingerprint density at radius 2 is 2.05 bits per heavy atom. The lowest BCUT2D eigenvalue weighted by Gasteiger charge is -2.16. The molecule has 0 amide bonds. The van der Waals surface area contributed by atoms with Gasteiger partial charge < -0.3 is 5.73 Å². The fourth-order valence-electron chi connectivity index (χ4n) is 2.16. The quantitative estimate of drug-likeness (QED) is 0.656. The first kappa shape index (κ1) is 17.8. The van der Waals surface area contributed by atoms with Gasteiger partial charge in [0.1, 0.15) is 0 Å². The molecule has 7 nitrogen and oxygen atoms in total. The lowest BCUT2D eigenvalue weighted by Crippen LogP contribution is -2.32. The lowest BCUT2D eigenvalue weighted by atomic mass is 10.1. The molecule has 1 saturated heterocycles. The van der Waals surface area contributed by atoms with Crippen molar-refractivity contribution in [2.75, 3.05) is 13.1 Å². The van der Waals surface area contributed by atoms with E-state index in [1.807, 2.05) is 0 Å². The molecule has 21 heavy (non-hydrogen) atoms. The Balaban J connectivity index is 0.00000220. The summed E-state index contributed by atoms with van der Waals surface area (Å²) >= 11 is 0. The third kappa shape index (κ3) is 3.15. The van der Waals surface area contributed by atoms with Crippen molar-refractivity contribution < 1.29 is 17.7 Å². The van der Waals surface area contributed by atoms with Crippen molar-refractivity contribution in [1.82, 2.24) is 4.31 Å². The Bertz CT molecular complexity index is 645. The normalized spacial score (nSPS) is 22.8. The van der Waals surface area contributed by atoms with E-state index in [4.69, 9.17) is 5.73 Å². The maximum atomic E-state index is 13.5. The van der Waals surface area contributed by atoms with Crippen LogP contribution in [0.4, 0.5) is 10.1 Å². The maximum Gasteiger partial charge on any atom is 0.324 e. The Kier molecular flexibility index (Phi) is 5.26. The first-order chi connectivity index (χ1) is 9.25. The zero-order chi connectivity index (χ0) is 15.1. The molecule has 1 aliphatic rings. The molecule has 2 atom stereocenters. The minimum atomic E-state index is -4.13. The van der Waals surface area contributed by atoms with Gasteiger partial charge in [0.2, 0.25) is 15.8 Å². The Hall–Kier alpha value is -1.29. The predicted octanol–water partition coefficient (Wildman–Crippen LogP) is 1.12. The zero-order valence-corrected chi connectivity index (χ0v) is 12.7. The molecule has 1 fully saturated rings. The SMILES string of the molecule is CC1CN(S(=O)(=O)c2cccc(F)c2[N+](=O)[O-])CC1N.Cl. The van der Waals surface area contributed by atoms with Gasteiger partial charge in [-0.25, -0.2) is 8.42 Å². The van der Waals surface area contributed by atoms with Crippen LogP contribution >= 0.6 is 12.4 Å². The fourth-order valence-corrected chi connectivity index (χ4v) is 3.91. The van der Waals surface area contributed by atoms with E-state index in [1.54, 1.807) is 6.92 Å². The number of nitro groups is 1. The van der Waals surface area contributed by atoms with E-state index in [-0.39, 0.29) is 37.5 Å². The van der Waals surface area contributed by atoms with Crippen molar-refractivity contribution in [2.24, 2.45) is 11.7 Å². The number of para-hydroxylation sites is 1. The molecule has 0 bridgehead atoms. The molecule has 1 aromatic carbocycles. The van der Waals surface area contributed by atoms with Crippen molar-refractivity contribution in [3.05, 3.63) is 34.1 Å². The highest BCUT2D eigenvalue weighted by atomic mass is 35.5. The number of halogens is 2. The van der Waals surface area contributed by atoms with Gasteiger partial charge in [0, 0.05) is 19.1 Å². The first-order valence-corrected chi connectivity index (χ1v) is 7.37. The highest BCUT2D eigenvalue weighted by Gasteiger charge is 2.39. The molecule has 2 N–H and O–H groups in total. The molecule has 1 heterocycles. The van der Waals surface area contributed by atoms with E-state index < -0.39 is 31.3 Å². The van der Waals surface area contributed by atoms with Crippen LogP contribution in [0.1, 0.15) is 6.92 Å². The number of rotatable bonds is 3. The third-order valence-electron chi connectivity index (χ3n) is 3.39. The summed E-state index contributed by atoms with van der Waals surface area (Å²) in [6, 6.07) is 2.69. The molecule has 0 aliphatic carbocycles. The number of hydrogen-bond acceptors (Lipinski definition) is 5. The van der Waals surface area contributed by atoms with Gasteiger partial charge in [0.25, 0.3) is 0 Å². The van der Waals surface area contributed by atoms with E-state index in [2.05, 4.69) is 0 Å². The van der Waals surface area contributed by atoms with Crippen LogP contribution in [-0.2, 0) is 10.0 Å². The second-order valence-corrected chi connectivity index (χ2v) is 6.71. The lowest BCUT2D eigenvalue weighted by molar-refractivity contribution is -0.390. The van der Waals surface area contributed by atoms with Crippen molar-refractivity contribution in [2.45, 2.75) is 17.9 Å². The second-order valence-electron chi connectivity index (χ2n) is 4.81. The molecule has 10 heteroatoms. The van der Waals surface area contributed by atoms with Crippen LogP contribution in [0.2, 0.25) is 0 Å². The average molecular weight is 340 g/mol. The largest absolute Gasteiger partial charge is 0.326 e. The summed E-state index contributed by atoms with van der Waals surface area (Å²) in [4.78, 5) is 9.23. The molecular formula is C11H15ClFN3O4S. The van der Waals surface area contributed by atoms with E-state index in [9.17, 15) is 22.9 Å². The van der Waals surface area contributed by atoms with Crippen molar-refractivity contribution in [3.63, 3.8) is 0 Å². The van der Waals surface area contributed by atoms with Crippen molar-refractivity contribution >= 4 is 28.1 Å². The van der Waals surface area contributed by atoms with Gasteiger partial charge in [-0.15, -0.1) is 12.4 Å². The number of nitrogens with two attached hydrogens (primary N) is 1. The Labute approximate surface area is 127 Å². The van der Waals surface area contributed by atoms with Gasteiger partial charge in [0.05, 0.1) is 4.92 Å². The molecule has 0 spiro atoms. The second kappa shape index (κ2) is 6.22. The van der Waals surface area contributed by atoms with Gasteiger partial charge in [-0.2, -0.15) is 8.70 Å². The molecule has 118 valence electrons. The maximum absolute atomic E-state index is 13.5. The third-order valence-corrected chi connectivity index (χ3v) is 5.25. The molecule has 0 saturated carbocycles. The molecule has 1 aromatic rings. The van der Waals surface area contributed by atoms with E-state index in [0.717, 1.165) is 22.5 Å². The summed E-state index contributed by atoms with van der Waals surface area (Å²) in [5.41, 5.74) is 4.73. The van der Waals surface area contributed by atoms with Gasteiger partial charge in [0.15, 0.2) is 4.90 Å². The number of sulfonamides is 1. The van der Waals surface area contributed by atoms with E-state index in [0.29, 0.717) is 0 Å². The van der Waals surface area contributed by atoms with Gasteiger partial charge in [-0.05, 0) is 18.1 Å². The summed E-state index contributed by atoms with van der Waals surface area (Å²) in [6.07, 6.45) is 0. The number of nitro benzene ring substituents is 1. The van der Waals surface area contributed by atoms with Gasteiger partial charge in [-0.1, -0.05) is 13.0 Å². The highest BCUT2D eigenvalue weighted by Crippen LogP contribution is 2.31. The van der Waals surface area contributed by atoms with Crippen LogP contribution in [0.3, 0.4) is 0 Å². The van der Waals surface area contributed by atoms with Gasteiger partial charge in [-0.3, -0.25) is 10.1 Å². The minimum absolute atomic E-state index is 0. The summed E-state index contributed by atoms with van der Waals surface area (Å²) in [7, 11) is -4.13. The van der Waals surface area contributed by atoms with Crippen LogP contribution in [-0.4, -0.2) is 36.8 Å². The number of benzene rings is 1. The summed E-state index contributed by atoms with van der Waals surface area (Å²) in [5, 5.41) is 10.9. The predicted molar refractivity (Wildman–Crippen MR) is 76.2 cm³/mol. The summed E-state index contributed by atoms with van der Waals surface area (Å²) in [5.74, 6) is -1.23. The number of nitrogens with zero attached hydrogens (tertiary/aromatic N) is 2. The van der Waals surface area contributed by atoms with Crippen LogP contribution in [0.5, 0.6) is 0 Å². The summed E-state index contributed by atoms with van der Waals surface area (Å²) in [6.45, 7) is 2.02. The monoisotopic (exact) mass is 339 g/mol. The van der Waals surface area contributed by atoms with E-state index >= 15 is 0 Å². The molecular weight excluding hydrogens is 325 g/mol. The average Bonchev–Trinajstić information content (AvgIpc) is 2.69. The zero-order valence-electron chi connectivity index (χ0n) is 11.1. The molecule has 0 radical (unpaired) electrons. The van der Waals surface area contributed by atoms with Crippen molar-refractivity contribution in [1.29, 1.82) is 0 Å². The van der Waals surface area contributed by atoms with Crippen LogP contribution in [0, 0.1) is 21.8 Å². The topological polar surface area (TPSA) is 107 Å². The summed E-state index contributed by atoms with van der Waals surface area (Å²) < 4.78 is 39.4. The molecule has 0 aromatic heterocycles.